The number of carbonyl (C=O) groups is 1. The van der Waals surface area contributed by atoms with E-state index in [4.69, 9.17) is 0 Å². The highest BCUT2D eigenvalue weighted by molar-refractivity contribution is 5.75. The van der Waals surface area contributed by atoms with Crippen LogP contribution < -0.4 is 10.6 Å². The van der Waals surface area contributed by atoms with E-state index in [9.17, 15) is 4.79 Å². The molecular weight excluding hydrogens is 240 g/mol. The molecular formula is C14H26N4O. The lowest BCUT2D eigenvalue weighted by atomic mass is 10.1. The van der Waals surface area contributed by atoms with Crippen LogP contribution in [0.15, 0.2) is 12.4 Å². The number of likely N-dealkylation sites (N-methyl/N-ethyl adjacent to an activating group) is 1. The molecule has 1 heterocycles. The van der Waals surface area contributed by atoms with E-state index in [0.717, 1.165) is 5.69 Å². The number of unbranched alkanes of at least 4 members (excludes halogenated alkanes) is 3. The van der Waals surface area contributed by atoms with Crippen LogP contribution >= 0.6 is 0 Å². The van der Waals surface area contributed by atoms with Crippen molar-refractivity contribution in [3.63, 3.8) is 0 Å². The number of hydrogen-bond donors (Lipinski definition) is 2. The summed E-state index contributed by atoms with van der Waals surface area (Å²) in [5.74, 6) is -0.0396. The Bertz CT molecular complexity index is 375. The number of aromatic nitrogens is 2. The summed E-state index contributed by atoms with van der Waals surface area (Å²) in [5.41, 5.74) is 0.979. The first-order chi connectivity index (χ1) is 9.15. The summed E-state index contributed by atoms with van der Waals surface area (Å²) < 4.78 is 1.64. The molecule has 0 aromatic carbocycles. The average molecular weight is 266 g/mol. The third kappa shape index (κ3) is 6.27. The highest BCUT2D eigenvalue weighted by atomic mass is 16.1. The quantitative estimate of drug-likeness (QED) is 0.675. The van der Waals surface area contributed by atoms with Crippen molar-refractivity contribution in [1.29, 1.82) is 0 Å². The summed E-state index contributed by atoms with van der Waals surface area (Å²) >= 11 is 0. The Balaban J connectivity index is 2.30. The largest absolute Gasteiger partial charge is 0.380 e. The van der Waals surface area contributed by atoms with Gasteiger partial charge in [-0.05, 0) is 13.3 Å². The molecule has 0 saturated heterocycles. The zero-order chi connectivity index (χ0) is 14.1. The van der Waals surface area contributed by atoms with Crippen LogP contribution in [0.1, 0.15) is 46.0 Å². The zero-order valence-corrected chi connectivity index (χ0v) is 12.3. The van der Waals surface area contributed by atoms with Gasteiger partial charge in [0.25, 0.3) is 0 Å². The van der Waals surface area contributed by atoms with E-state index in [1.807, 2.05) is 6.20 Å². The molecule has 0 aliphatic rings. The van der Waals surface area contributed by atoms with Gasteiger partial charge in [-0.15, -0.1) is 0 Å². The van der Waals surface area contributed by atoms with E-state index >= 15 is 0 Å². The van der Waals surface area contributed by atoms with Crippen LogP contribution in [-0.2, 0) is 11.3 Å². The number of nitrogens with one attached hydrogen (secondary N) is 2. The molecule has 1 atom stereocenters. The van der Waals surface area contributed by atoms with Gasteiger partial charge in [0, 0.05) is 19.3 Å². The average Bonchev–Trinajstić information content (AvgIpc) is 2.81. The van der Waals surface area contributed by atoms with E-state index < -0.39 is 0 Å². The molecule has 0 radical (unpaired) electrons. The summed E-state index contributed by atoms with van der Waals surface area (Å²) in [5, 5.41) is 10.2. The molecule has 0 spiro atoms. The third-order valence-corrected chi connectivity index (χ3v) is 3.12. The molecule has 2 N–H and O–H groups in total. The minimum absolute atomic E-state index is 0.0396. The second kappa shape index (κ2) is 8.56. The predicted octanol–water partition coefficient (Wildman–Crippen LogP) is 2.40. The molecule has 1 aromatic rings. The van der Waals surface area contributed by atoms with Crippen LogP contribution in [0, 0.1) is 0 Å². The van der Waals surface area contributed by atoms with Crippen molar-refractivity contribution in [3.8, 4) is 0 Å². The minimum atomic E-state index is -0.0396. The first-order valence-electron chi connectivity index (χ1n) is 7.15. The van der Waals surface area contributed by atoms with Gasteiger partial charge in [0.05, 0.1) is 11.9 Å². The summed E-state index contributed by atoms with van der Waals surface area (Å²) in [6, 6.07) is 0.439. The maximum Gasteiger partial charge on any atom is 0.241 e. The highest BCUT2D eigenvalue weighted by Crippen LogP contribution is 2.11. The maximum absolute atomic E-state index is 11.2. The first kappa shape index (κ1) is 15.5. The molecule has 5 nitrogen and oxygen atoms in total. The van der Waals surface area contributed by atoms with Gasteiger partial charge in [-0.2, -0.15) is 5.10 Å². The van der Waals surface area contributed by atoms with Crippen molar-refractivity contribution in [2.75, 3.05) is 12.4 Å². The van der Waals surface area contributed by atoms with Crippen LogP contribution in [0.25, 0.3) is 0 Å². The predicted molar refractivity (Wildman–Crippen MR) is 78.1 cm³/mol. The van der Waals surface area contributed by atoms with Gasteiger partial charge in [0.1, 0.15) is 6.54 Å². The van der Waals surface area contributed by atoms with E-state index in [2.05, 4.69) is 29.6 Å². The van der Waals surface area contributed by atoms with E-state index in [0.29, 0.717) is 6.04 Å². The Kier molecular flexibility index (Phi) is 7.00. The fourth-order valence-corrected chi connectivity index (χ4v) is 1.98. The fraction of sp³-hybridized carbons (Fsp3) is 0.714. The standard InChI is InChI=1S/C14H26N4O/c1-4-5-6-7-8-12(2)17-13-9-16-18(10-13)11-14(19)15-3/h9-10,12,17H,4-8,11H2,1-3H3,(H,15,19). The van der Waals surface area contributed by atoms with Gasteiger partial charge in [-0.1, -0.05) is 32.6 Å². The van der Waals surface area contributed by atoms with E-state index in [1.165, 1.54) is 32.1 Å². The van der Waals surface area contributed by atoms with Gasteiger partial charge >= 0.3 is 0 Å². The third-order valence-electron chi connectivity index (χ3n) is 3.12. The second-order valence-electron chi connectivity index (χ2n) is 4.99. The van der Waals surface area contributed by atoms with Crippen LogP contribution in [-0.4, -0.2) is 28.8 Å². The first-order valence-corrected chi connectivity index (χ1v) is 7.15. The fourth-order valence-electron chi connectivity index (χ4n) is 1.98. The van der Waals surface area contributed by atoms with Crippen molar-refractivity contribution >= 4 is 11.6 Å². The Morgan fingerprint density at radius 3 is 2.89 bits per heavy atom. The van der Waals surface area contributed by atoms with Crippen LogP contribution in [0.5, 0.6) is 0 Å². The SMILES string of the molecule is CCCCCCC(C)Nc1cnn(CC(=O)NC)c1. The Labute approximate surface area is 115 Å². The lowest BCUT2D eigenvalue weighted by Crippen LogP contribution is -2.23. The Hall–Kier alpha value is -1.52. The second-order valence-corrected chi connectivity index (χ2v) is 4.99. The molecule has 0 aliphatic carbocycles. The van der Waals surface area contributed by atoms with Crippen molar-refractivity contribution < 1.29 is 4.79 Å². The summed E-state index contributed by atoms with van der Waals surface area (Å²) in [7, 11) is 1.63. The molecule has 19 heavy (non-hydrogen) atoms. The number of hydrogen-bond acceptors (Lipinski definition) is 3. The zero-order valence-electron chi connectivity index (χ0n) is 12.3. The van der Waals surface area contributed by atoms with Crippen molar-refractivity contribution in [3.05, 3.63) is 12.4 Å². The monoisotopic (exact) mass is 266 g/mol. The molecule has 0 bridgehead atoms. The van der Waals surface area contributed by atoms with E-state index in [-0.39, 0.29) is 12.5 Å². The Morgan fingerprint density at radius 1 is 1.42 bits per heavy atom. The van der Waals surface area contributed by atoms with Crippen molar-refractivity contribution in [2.45, 2.75) is 58.5 Å². The molecule has 1 amide bonds. The Morgan fingerprint density at radius 2 is 2.21 bits per heavy atom. The van der Waals surface area contributed by atoms with Gasteiger partial charge < -0.3 is 10.6 Å². The van der Waals surface area contributed by atoms with Gasteiger partial charge in [0.2, 0.25) is 5.91 Å². The summed E-state index contributed by atoms with van der Waals surface area (Å²) in [6.07, 6.45) is 9.96. The summed E-state index contributed by atoms with van der Waals surface area (Å²) in [6.45, 7) is 4.67. The van der Waals surface area contributed by atoms with E-state index in [1.54, 1.807) is 17.9 Å². The smallest absolute Gasteiger partial charge is 0.241 e. The van der Waals surface area contributed by atoms with Crippen molar-refractivity contribution in [2.24, 2.45) is 0 Å². The number of nitrogens with zero attached hydrogens (tertiary/aromatic N) is 2. The van der Waals surface area contributed by atoms with Crippen LogP contribution in [0.4, 0.5) is 5.69 Å². The number of rotatable bonds is 9. The number of amides is 1. The normalized spacial score (nSPS) is 12.2. The molecule has 108 valence electrons. The number of anilines is 1. The number of carbonyl (C=O) groups excluding carboxylic acids is 1. The minimum Gasteiger partial charge on any atom is -0.380 e. The molecule has 0 fully saturated rings. The lowest BCUT2D eigenvalue weighted by molar-refractivity contribution is -0.121. The van der Waals surface area contributed by atoms with Crippen LogP contribution in [0.2, 0.25) is 0 Å². The molecule has 5 heteroatoms. The van der Waals surface area contributed by atoms with Crippen LogP contribution in [0.3, 0.4) is 0 Å². The van der Waals surface area contributed by atoms with Gasteiger partial charge in [0.15, 0.2) is 0 Å². The molecule has 1 unspecified atom stereocenters. The highest BCUT2D eigenvalue weighted by Gasteiger charge is 2.05. The van der Waals surface area contributed by atoms with Gasteiger partial charge in [-0.25, -0.2) is 0 Å². The van der Waals surface area contributed by atoms with Crippen molar-refractivity contribution in [1.82, 2.24) is 15.1 Å². The molecule has 0 saturated carbocycles. The topological polar surface area (TPSA) is 59.0 Å². The molecule has 1 rings (SSSR count). The molecule has 1 aromatic heterocycles. The molecule has 0 aliphatic heterocycles. The van der Waals surface area contributed by atoms with Gasteiger partial charge in [-0.3, -0.25) is 9.48 Å². The summed E-state index contributed by atoms with van der Waals surface area (Å²) in [4.78, 5) is 11.2. The maximum atomic E-state index is 11.2. The lowest BCUT2D eigenvalue weighted by Gasteiger charge is -2.13.